The van der Waals surface area contributed by atoms with Gasteiger partial charge < -0.3 is 9.47 Å². The molecule has 1 aliphatic rings. The monoisotopic (exact) mass is 280 g/mol. The van der Waals surface area contributed by atoms with Gasteiger partial charge in [-0.1, -0.05) is 54.6 Å². The molecular formula is C18H16O3. The van der Waals surface area contributed by atoms with E-state index in [9.17, 15) is 4.79 Å². The molecule has 106 valence electrons. The predicted octanol–water partition coefficient (Wildman–Crippen LogP) is 3.52. The van der Waals surface area contributed by atoms with Crippen LogP contribution in [0.2, 0.25) is 0 Å². The van der Waals surface area contributed by atoms with E-state index in [4.69, 9.17) is 9.47 Å². The fourth-order valence-electron chi connectivity index (χ4n) is 2.37. The Bertz CT molecular complexity index is 644. The Morgan fingerprint density at radius 3 is 2.29 bits per heavy atom. The number of ether oxygens (including phenoxy) is 2. The molecule has 2 aromatic rings. The largest absolute Gasteiger partial charge is 0.352 e. The summed E-state index contributed by atoms with van der Waals surface area (Å²) in [7, 11) is 1.56. The fourth-order valence-corrected chi connectivity index (χ4v) is 2.37. The third kappa shape index (κ3) is 2.94. The van der Waals surface area contributed by atoms with Crippen LogP contribution in [0.4, 0.5) is 0 Å². The van der Waals surface area contributed by atoms with Gasteiger partial charge in [-0.3, -0.25) is 4.79 Å². The van der Waals surface area contributed by atoms with E-state index < -0.39 is 12.4 Å². The number of ketones is 1. The molecule has 0 aliphatic carbocycles. The van der Waals surface area contributed by atoms with Crippen molar-refractivity contribution in [2.45, 2.75) is 12.4 Å². The molecule has 2 aromatic carbocycles. The van der Waals surface area contributed by atoms with Crippen LogP contribution in [0.15, 0.2) is 66.7 Å². The minimum atomic E-state index is -0.593. The van der Waals surface area contributed by atoms with Gasteiger partial charge in [0.1, 0.15) is 6.10 Å². The summed E-state index contributed by atoms with van der Waals surface area (Å²) in [4.78, 5) is 11.9. The summed E-state index contributed by atoms with van der Waals surface area (Å²) in [6, 6.07) is 18.0. The summed E-state index contributed by atoms with van der Waals surface area (Å²) < 4.78 is 10.7. The molecule has 0 aromatic heterocycles. The molecule has 2 atom stereocenters. The zero-order chi connectivity index (χ0) is 14.7. The highest BCUT2D eigenvalue weighted by atomic mass is 16.7. The highest BCUT2D eigenvalue weighted by Gasteiger charge is 2.26. The SMILES string of the molecule is CO[C@H]1C=CC(=O)[C@@H](c2ccc(-c3ccccc3)cc2)O1. The summed E-state index contributed by atoms with van der Waals surface area (Å²) >= 11 is 0. The van der Waals surface area contributed by atoms with Gasteiger partial charge in [-0.25, -0.2) is 0 Å². The van der Waals surface area contributed by atoms with E-state index in [1.54, 1.807) is 13.2 Å². The molecule has 0 saturated heterocycles. The summed E-state index contributed by atoms with van der Waals surface area (Å²) in [5, 5.41) is 0. The maximum absolute atomic E-state index is 11.9. The lowest BCUT2D eigenvalue weighted by Crippen LogP contribution is -2.26. The van der Waals surface area contributed by atoms with Crippen molar-refractivity contribution < 1.29 is 14.3 Å². The second kappa shape index (κ2) is 6.04. The van der Waals surface area contributed by atoms with Crippen LogP contribution in [0, 0.1) is 0 Å². The van der Waals surface area contributed by atoms with Crippen LogP contribution in [0.25, 0.3) is 11.1 Å². The second-order valence-electron chi connectivity index (χ2n) is 4.87. The Hall–Kier alpha value is -2.23. The number of rotatable bonds is 3. The van der Waals surface area contributed by atoms with Crippen molar-refractivity contribution in [3.05, 3.63) is 72.3 Å². The van der Waals surface area contributed by atoms with Crippen LogP contribution in [0.3, 0.4) is 0 Å². The van der Waals surface area contributed by atoms with Crippen molar-refractivity contribution in [2.24, 2.45) is 0 Å². The molecule has 3 heteroatoms. The molecule has 0 unspecified atom stereocenters. The normalized spacial score (nSPS) is 21.5. The number of methoxy groups -OCH3 is 1. The van der Waals surface area contributed by atoms with Gasteiger partial charge in [0.15, 0.2) is 12.1 Å². The van der Waals surface area contributed by atoms with Crippen molar-refractivity contribution in [3.8, 4) is 11.1 Å². The van der Waals surface area contributed by atoms with Crippen molar-refractivity contribution in [1.82, 2.24) is 0 Å². The summed E-state index contributed by atoms with van der Waals surface area (Å²) in [5.41, 5.74) is 3.10. The molecule has 0 bridgehead atoms. The molecule has 0 amide bonds. The van der Waals surface area contributed by atoms with Crippen molar-refractivity contribution in [2.75, 3.05) is 7.11 Å². The van der Waals surface area contributed by atoms with E-state index in [1.807, 2.05) is 42.5 Å². The summed E-state index contributed by atoms with van der Waals surface area (Å²) in [6.07, 6.45) is 2.08. The summed E-state index contributed by atoms with van der Waals surface area (Å²) in [5.74, 6) is -0.0595. The van der Waals surface area contributed by atoms with Gasteiger partial charge in [0.2, 0.25) is 0 Å². The summed E-state index contributed by atoms with van der Waals surface area (Å²) in [6.45, 7) is 0. The zero-order valence-corrected chi connectivity index (χ0v) is 11.7. The molecule has 1 heterocycles. The number of hydrogen-bond donors (Lipinski definition) is 0. The molecule has 21 heavy (non-hydrogen) atoms. The second-order valence-corrected chi connectivity index (χ2v) is 4.87. The van der Waals surface area contributed by atoms with Gasteiger partial charge in [0.25, 0.3) is 0 Å². The molecule has 0 radical (unpaired) electrons. The van der Waals surface area contributed by atoms with Gasteiger partial charge in [0, 0.05) is 7.11 Å². The first-order valence-corrected chi connectivity index (χ1v) is 6.83. The van der Waals surface area contributed by atoms with E-state index in [1.165, 1.54) is 6.08 Å². The van der Waals surface area contributed by atoms with E-state index in [-0.39, 0.29) is 5.78 Å². The van der Waals surface area contributed by atoms with Crippen molar-refractivity contribution in [3.63, 3.8) is 0 Å². The van der Waals surface area contributed by atoms with Crippen LogP contribution in [0.5, 0.6) is 0 Å². The molecule has 3 nitrogen and oxygen atoms in total. The average molecular weight is 280 g/mol. The van der Waals surface area contributed by atoms with Gasteiger partial charge >= 0.3 is 0 Å². The quantitative estimate of drug-likeness (QED) is 0.863. The van der Waals surface area contributed by atoms with E-state index in [0.29, 0.717) is 0 Å². The van der Waals surface area contributed by atoms with Crippen molar-refractivity contribution in [1.29, 1.82) is 0 Å². The minimum Gasteiger partial charge on any atom is -0.352 e. The first-order valence-electron chi connectivity index (χ1n) is 6.83. The molecule has 1 aliphatic heterocycles. The van der Waals surface area contributed by atoms with Crippen molar-refractivity contribution >= 4 is 5.78 Å². The molecular weight excluding hydrogens is 264 g/mol. The lowest BCUT2D eigenvalue weighted by molar-refractivity contribution is -0.156. The molecule has 0 spiro atoms. The van der Waals surface area contributed by atoms with E-state index in [2.05, 4.69) is 12.1 Å². The van der Waals surface area contributed by atoms with Gasteiger partial charge in [0.05, 0.1) is 0 Å². The topological polar surface area (TPSA) is 35.5 Å². The van der Waals surface area contributed by atoms with Crippen LogP contribution >= 0.6 is 0 Å². The van der Waals surface area contributed by atoms with E-state index >= 15 is 0 Å². The standard InChI is InChI=1S/C18H16O3/c1-20-17-12-11-16(19)18(21-17)15-9-7-14(8-10-15)13-5-3-2-4-6-13/h2-12,17-18H,1H3/t17-,18-/m1/s1. The predicted molar refractivity (Wildman–Crippen MR) is 80.6 cm³/mol. The van der Waals surface area contributed by atoms with Gasteiger partial charge in [-0.05, 0) is 28.8 Å². The van der Waals surface area contributed by atoms with Gasteiger partial charge in [-0.15, -0.1) is 0 Å². The average Bonchev–Trinajstić information content (AvgIpc) is 2.56. The third-order valence-corrected chi connectivity index (χ3v) is 3.50. The number of carbonyl (C=O) groups excluding carboxylic acids is 1. The lowest BCUT2D eigenvalue weighted by atomic mass is 9.99. The third-order valence-electron chi connectivity index (χ3n) is 3.50. The van der Waals surface area contributed by atoms with Crippen LogP contribution in [-0.4, -0.2) is 19.2 Å². The number of hydrogen-bond acceptors (Lipinski definition) is 3. The zero-order valence-electron chi connectivity index (χ0n) is 11.7. The highest BCUT2D eigenvalue weighted by molar-refractivity contribution is 5.95. The molecule has 0 fully saturated rings. The number of carbonyl (C=O) groups is 1. The first-order chi connectivity index (χ1) is 10.3. The Morgan fingerprint density at radius 1 is 0.952 bits per heavy atom. The Balaban J connectivity index is 1.84. The van der Waals surface area contributed by atoms with Gasteiger partial charge in [-0.2, -0.15) is 0 Å². The Kier molecular flexibility index (Phi) is 3.95. The highest BCUT2D eigenvalue weighted by Crippen LogP contribution is 2.27. The molecule has 0 N–H and O–H groups in total. The lowest BCUT2D eigenvalue weighted by Gasteiger charge is -2.24. The number of benzene rings is 2. The minimum absolute atomic E-state index is 0.0595. The Labute approximate surface area is 123 Å². The smallest absolute Gasteiger partial charge is 0.188 e. The van der Waals surface area contributed by atoms with Crippen LogP contribution in [0.1, 0.15) is 11.7 Å². The fraction of sp³-hybridized carbons (Fsp3) is 0.167. The van der Waals surface area contributed by atoms with E-state index in [0.717, 1.165) is 16.7 Å². The van der Waals surface area contributed by atoms with Crippen LogP contribution < -0.4 is 0 Å². The Morgan fingerprint density at radius 2 is 1.62 bits per heavy atom. The molecule has 3 rings (SSSR count). The first kappa shape index (κ1) is 13.7. The maximum atomic E-state index is 11.9. The molecule has 0 saturated carbocycles. The maximum Gasteiger partial charge on any atom is 0.188 e. The van der Waals surface area contributed by atoms with Crippen LogP contribution in [-0.2, 0) is 14.3 Å².